The minimum atomic E-state index is -0.680. The average molecular weight is 371 g/mol. The molecule has 0 aromatic carbocycles. The zero-order valence-electron chi connectivity index (χ0n) is 15.1. The number of anilines is 1. The Kier molecular flexibility index (Phi) is 8.47. The standard InChI is InChI=1S/C16H25N3O5S/c1-9(2)6-12(16(22)23-5)17-14(20)8-25-11(4)15(21)18-13-7-10(3)24-19-13/h7,9,11-12H,6,8H2,1-5H3,(H,17,20)(H,18,19,21). The van der Waals surface area contributed by atoms with Gasteiger partial charge in [0.1, 0.15) is 11.8 Å². The molecule has 8 nitrogen and oxygen atoms in total. The van der Waals surface area contributed by atoms with Crippen LogP contribution in [0.1, 0.15) is 33.0 Å². The first-order valence-electron chi connectivity index (χ1n) is 7.95. The topological polar surface area (TPSA) is 111 Å². The van der Waals surface area contributed by atoms with E-state index in [2.05, 4.69) is 15.8 Å². The lowest BCUT2D eigenvalue weighted by Gasteiger charge is -2.18. The van der Waals surface area contributed by atoms with Crippen LogP contribution in [0.15, 0.2) is 10.6 Å². The zero-order chi connectivity index (χ0) is 19.0. The molecule has 9 heteroatoms. The molecule has 1 rings (SSSR count). The Morgan fingerprint density at radius 2 is 2.00 bits per heavy atom. The Morgan fingerprint density at radius 3 is 2.52 bits per heavy atom. The number of nitrogens with zero attached hydrogens (tertiary/aromatic N) is 1. The van der Waals surface area contributed by atoms with Gasteiger partial charge in [-0.25, -0.2) is 4.79 Å². The van der Waals surface area contributed by atoms with Crippen LogP contribution in [0.3, 0.4) is 0 Å². The van der Waals surface area contributed by atoms with Crippen molar-refractivity contribution in [3.63, 3.8) is 0 Å². The van der Waals surface area contributed by atoms with E-state index in [0.717, 1.165) is 11.8 Å². The third-order valence-electron chi connectivity index (χ3n) is 3.24. The summed E-state index contributed by atoms with van der Waals surface area (Å²) in [6.45, 7) is 7.32. The molecule has 25 heavy (non-hydrogen) atoms. The predicted octanol–water partition coefficient (Wildman–Crippen LogP) is 1.75. The first-order chi connectivity index (χ1) is 11.7. The third kappa shape index (κ3) is 7.59. The van der Waals surface area contributed by atoms with E-state index in [1.807, 2.05) is 13.8 Å². The van der Waals surface area contributed by atoms with Crippen LogP contribution < -0.4 is 10.6 Å². The number of esters is 1. The predicted molar refractivity (Wildman–Crippen MR) is 95.2 cm³/mol. The lowest BCUT2D eigenvalue weighted by Crippen LogP contribution is -2.43. The van der Waals surface area contributed by atoms with Crippen LogP contribution in [-0.2, 0) is 19.1 Å². The summed E-state index contributed by atoms with van der Waals surface area (Å²) in [5.74, 6) is 0.136. The molecule has 0 spiro atoms. The highest BCUT2D eigenvalue weighted by Gasteiger charge is 2.23. The molecular formula is C16H25N3O5S. The summed E-state index contributed by atoms with van der Waals surface area (Å²) in [7, 11) is 1.29. The van der Waals surface area contributed by atoms with Gasteiger partial charge in [-0.2, -0.15) is 0 Å². The van der Waals surface area contributed by atoms with Crippen molar-refractivity contribution in [2.75, 3.05) is 18.2 Å². The van der Waals surface area contributed by atoms with E-state index >= 15 is 0 Å². The van der Waals surface area contributed by atoms with Crippen molar-refractivity contribution >= 4 is 35.4 Å². The highest BCUT2D eigenvalue weighted by Crippen LogP contribution is 2.14. The second-order valence-corrected chi connectivity index (χ2v) is 7.37. The molecular weight excluding hydrogens is 346 g/mol. The summed E-state index contributed by atoms with van der Waals surface area (Å²) in [5, 5.41) is 8.48. The van der Waals surface area contributed by atoms with Crippen LogP contribution in [-0.4, -0.2) is 47.1 Å². The van der Waals surface area contributed by atoms with Crippen LogP contribution in [0.5, 0.6) is 0 Å². The normalized spacial score (nSPS) is 13.2. The Balaban J connectivity index is 2.45. The van der Waals surface area contributed by atoms with Gasteiger partial charge in [0.05, 0.1) is 18.1 Å². The summed E-state index contributed by atoms with van der Waals surface area (Å²) in [6.07, 6.45) is 0.491. The molecule has 0 aliphatic heterocycles. The number of amides is 2. The molecule has 1 aromatic rings. The molecule has 0 aliphatic carbocycles. The number of ether oxygens (including phenoxy) is 1. The van der Waals surface area contributed by atoms with Gasteiger partial charge in [0.2, 0.25) is 11.8 Å². The Bertz CT molecular complexity index is 602. The minimum Gasteiger partial charge on any atom is -0.467 e. The van der Waals surface area contributed by atoms with E-state index in [-0.39, 0.29) is 23.5 Å². The lowest BCUT2D eigenvalue weighted by atomic mass is 10.0. The number of hydrogen-bond donors (Lipinski definition) is 2. The molecule has 1 aromatic heterocycles. The first-order valence-corrected chi connectivity index (χ1v) is 9.00. The molecule has 0 fully saturated rings. The van der Waals surface area contributed by atoms with Crippen molar-refractivity contribution in [1.29, 1.82) is 0 Å². The van der Waals surface area contributed by atoms with E-state index in [1.54, 1.807) is 19.9 Å². The van der Waals surface area contributed by atoms with Crippen molar-refractivity contribution in [2.24, 2.45) is 5.92 Å². The van der Waals surface area contributed by atoms with Crippen LogP contribution in [0, 0.1) is 12.8 Å². The van der Waals surface area contributed by atoms with E-state index in [4.69, 9.17) is 9.26 Å². The molecule has 1 heterocycles. The molecule has 2 atom stereocenters. The smallest absolute Gasteiger partial charge is 0.328 e. The van der Waals surface area contributed by atoms with Gasteiger partial charge in [-0.3, -0.25) is 9.59 Å². The van der Waals surface area contributed by atoms with Gasteiger partial charge in [0.25, 0.3) is 0 Å². The minimum absolute atomic E-state index is 0.0536. The second-order valence-electron chi connectivity index (χ2n) is 6.04. The summed E-state index contributed by atoms with van der Waals surface area (Å²) >= 11 is 1.16. The summed E-state index contributed by atoms with van der Waals surface area (Å²) in [4.78, 5) is 35.8. The fourth-order valence-corrected chi connectivity index (χ4v) is 2.69. The molecule has 2 unspecified atom stereocenters. The summed E-state index contributed by atoms with van der Waals surface area (Å²) in [5.41, 5.74) is 0. The van der Waals surface area contributed by atoms with Crippen LogP contribution in [0.25, 0.3) is 0 Å². The quantitative estimate of drug-likeness (QED) is 0.636. The third-order valence-corrected chi connectivity index (χ3v) is 4.38. The Morgan fingerprint density at radius 1 is 1.32 bits per heavy atom. The Labute approximate surface area is 151 Å². The van der Waals surface area contributed by atoms with Crippen molar-refractivity contribution < 1.29 is 23.6 Å². The Hall–Kier alpha value is -2.03. The summed E-state index contributed by atoms with van der Waals surface area (Å²) in [6, 6.07) is 0.926. The highest BCUT2D eigenvalue weighted by molar-refractivity contribution is 8.01. The molecule has 0 saturated heterocycles. The second kappa shape index (κ2) is 10.1. The number of aromatic nitrogens is 1. The number of carbonyl (C=O) groups is 3. The summed E-state index contributed by atoms with van der Waals surface area (Å²) < 4.78 is 9.58. The number of thioether (sulfide) groups is 1. The SMILES string of the molecule is COC(=O)C(CC(C)C)NC(=O)CSC(C)C(=O)Nc1cc(C)on1. The van der Waals surface area contributed by atoms with Gasteiger partial charge in [-0.1, -0.05) is 19.0 Å². The number of methoxy groups -OCH3 is 1. The maximum absolute atomic E-state index is 12.0. The van der Waals surface area contributed by atoms with Crippen molar-refractivity contribution in [3.8, 4) is 0 Å². The molecule has 140 valence electrons. The fourth-order valence-electron chi connectivity index (χ4n) is 1.99. The zero-order valence-corrected chi connectivity index (χ0v) is 15.9. The number of aryl methyl sites for hydroxylation is 1. The lowest BCUT2D eigenvalue weighted by molar-refractivity contribution is -0.145. The molecule has 2 N–H and O–H groups in total. The number of nitrogens with one attached hydrogen (secondary N) is 2. The van der Waals surface area contributed by atoms with E-state index in [0.29, 0.717) is 18.0 Å². The van der Waals surface area contributed by atoms with Crippen LogP contribution in [0.2, 0.25) is 0 Å². The number of hydrogen-bond acceptors (Lipinski definition) is 7. The van der Waals surface area contributed by atoms with E-state index in [9.17, 15) is 14.4 Å². The van der Waals surface area contributed by atoms with Crippen LogP contribution in [0.4, 0.5) is 5.82 Å². The number of rotatable bonds is 9. The van der Waals surface area contributed by atoms with Gasteiger partial charge in [-0.05, 0) is 26.2 Å². The van der Waals surface area contributed by atoms with E-state index < -0.39 is 17.3 Å². The fraction of sp³-hybridized carbons (Fsp3) is 0.625. The van der Waals surface area contributed by atoms with E-state index in [1.165, 1.54) is 7.11 Å². The van der Waals surface area contributed by atoms with Crippen molar-refractivity contribution in [3.05, 3.63) is 11.8 Å². The van der Waals surface area contributed by atoms with Gasteiger partial charge in [0, 0.05) is 6.07 Å². The van der Waals surface area contributed by atoms with Gasteiger partial charge < -0.3 is 19.9 Å². The molecule has 0 radical (unpaired) electrons. The van der Waals surface area contributed by atoms with Gasteiger partial charge >= 0.3 is 5.97 Å². The maximum Gasteiger partial charge on any atom is 0.328 e. The van der Waals surface area contributed by atoms with Gasteiger partial charge in [-0.15, -0.1) is 11.8 Å². The molecule has 0 bridgehead atoms. The van der Waals surface area contributed by atoms with Crippen molar-refractivity contribution in [1.82, 2.24) is 10.5 Å². The maximum atomic E-state index is 12.0. The monoisotopic (exact) mass is 371 g/mol. The highest BCUT2D eigenvalue weighted by atomic mass is 32.2. The largest absolute Gasteiger partial charge is 0.467 e. The number of carbonyl (C=O) groups excluding carboxylic acids is 3. The van der Waals surface area contributed by atoms with Gasteiger partial charge in [0.15, 0.2) is 5.82 Å². The molecule has 0 saturated carbocycles. The van der Waals surface area contributed by atoms with Crippen LogP contribution >= 0.6 is 11.8 Å². The average Bonchev–Trinajstić information content (AvgIpc) is 2.95. The molecule has 2 amide bonds. The van der Waals surface area contributed by atoms with Crippen molar-refractivity contribution in [2.45, 2.75) is 45.4 Å². The first kappa shape index (κ1) is 21.0. The molecule has 0 aliphatic rings.